The number of anilines is 2. The van der Waals surface area contributed by atoms with E-state index in [2.05, 4.69) is 21.2 Å². The second-order valence-corrected chi connectivity index (χ2v) is 10.0. The molecule has 2 aliphatic rings. The van der Waals surface area contributed by atoms with Crippen molar-refractivity contribution < 1.29 is 14.6 Å². The number of nitrogens with one attached hydrogen (secondary N) is 1. The van der Waals surface area contributed by atoms with Gasteiger partial charge in [-0.2, -0.15) is 5.10 Å². The Morgan fingerprint density at radius 3 is 2.65 bits per heavy atom. The van der Waals surface area contributed by atoms with Crippen molar-refractivity contribution in [3.05, 3.63) is 60.0 Å². The predicted octanol–water partition coefficient (Wildman–Crippen LogP) is 6.56. The molecule has 5 rings (SSSR count). The van der Waals surface area contributed by atoms with Gasteiger partial charge in [-0.05, 0) is 63.3 Å². The van der Waals surface area contributed by atoms with Crippen LogP contribution in [0.25, 0.3) is 0 Å². The van der Waals surface area contributed by atoms with Gasteiger partial charge in [-0.25, -0.2) is 4.98 Å². The number of rotatable bonds is 8. The molecule has 178 valence electrons. The van der Waals surface area contributed by atoms with Crippen LogP contribution in [-0.4, -0.2) is 25.8 Å². The van der Waals surface area contributed by atoms with Crippen molar-refractivity contribution in [3.63, 3.8) is 0 Å². The van der Waals surface area contributed by atoms with E-state index in [1.807, 2.05) is 36.4 Å². The zero-order valence-electron chi connectivity index (χ0n) is 19.8. The van der Waals surface area contributed by atoms with Gasteiger partial charge in [0.05, 0.1) is 17.7 Å². The minimum atomic E-state index is -0.979. The molecule has 0 spiro atoms. The fourth-order valence-corrected chi connectivity index (χ4v) is 4.58. The van der Waals surface area contributed by atoms with Crippen LogP contribution in [0.1, 0.15) is 82.0 Å². The number of pyridine rings is 1. The zero-order valence-corrected chi connectivity index (χ0v) is 19.8. The maximum absolute atomic E-state index is 11.6. The maximum Gasteiger partial charge on any atom is 0.313 e. The Kier molecular flexibility index (Phi) is 6.02. The van der Waals surface area contributed by atoms with Crippen LogP contribution in [0.4, 0.5) is 11.5 Å². The van der Waals surface area contributed by atoms with Gasteiger partial charge < -0.3 is 15.2 Å². The van der Waals surface area contributed by atoms with Gasteiger partial charge in [-0.1, -0.05) is 31.4 Å². The average Bonchev–Trinajstić information content (AvgIpc) is 3.60. The molecule has 0 amide bonds. The molecule has 0 bridgehead atoms. The van der Waals surface area contributed by atoms with Crippen LogP contribution in [0.15, 0.2) is 48.8 Å². The third kappa shape index (κ3) is 4.79. The Bertz CT molecular complexity index is 1180. The summed E-state index contributed by atoms with van der Waals surface area (Å²) >= 11 is 0. The number of carboxylic acid groups (broad SMARTS) is 1. The highest BCUT2D eigenvalue weighted by Gasteiger charge is 2.30. The van der Waals surface area contributed by atoms with Crippen LogP contribution in [0.3, 0.4) is 0 Å². The van der Waals surface area contributed by atoms with E-state index in [0.29, 0.717) is 23.5 Å². The van der Waals surface area contributed by atoms with E-state index in [0.717, 1.165) is 22.7 Å². The SMILES string of the molecule is CC(C)(C(=O)O)c1cccc(Nc2cc(Oc3cn(C4CC4)nc3C3CCCCC3)ccn2)c1. The van der Waals surface area contributed by atoms with Gasteiger partial charge in [0.15, 0.2) is 5.75 Å². The van der Waals surface area contributed by atoms with E-state index in [9.17, 15) is 9.90 Å². The lowest BCUT2D eigenvalue weighted by Gasteiger charge is -2.21. The van der Waals surface area contributed by atoms with Crippen LogP contribution >= 0.6 is 0 Å². The standard InChI is InChI=1S/C27H32N4O3/c1-27(2,26(32)33)19-9-6-10-20(15-19)29-24-16-22(13-14-28-24)34-23-17-31(21-11-12-21)30-25(23)18-7-4-3-5-8-18/h6,9-10,13-18,21H,3-5,7-8,11-12H2,1-2H3,(H,28,29)(H,32,33). The Morgan fingerprint density at radius 2 is 1.91 bits per heavy atom. The van der Waals surface area contributed by atoms with E-state index in [1.54, 1.807) is 20.0 Å². The summed E-state index contributed by atoms with van der Waals surface area (Å²) < 4.78 is 8.46. The highest BCUT2D eigenvalue weighted by atomic mass is 16.5. The first kappa shape index (κ1) is 22.4. The van der Waals surface area contributed by atoms with Gasteiger partial charge in [0, 0.05) is 23.9 Å². The number of carbonyl (C=O) groups is 1. The lowest BCUT2D eigenvalue weighted by atomic mass is 9.84. The number of aromatic nitrogens is 3. The molecule has 0 aliphatic heterocycles. The molecule has 0 unspecified atom stereocenters. The average molecular weight is 461 g/mol. The number of aliphatic carboxylic acids is 1. The normalized spacial score (nSPS) is 16.9. The lowest BCUT2D eigenvalue weighted by Crippen LogP contribution is -2.28. The summed E-state index contributed by atoms with van der Waals surface area (Å²) in [5.41, 5.74) is 1.61. The summed E-state index contributed by atoms with van der Waals surface area (Å²) in [5.74, 6) is 1.78. The van der Waals surface area contributed by atoms with E-state index < -0.39 is 11.4 Å². The van der Waals surface area contributed by atoms with Gasteiger partial charge in [0.2, 0.25) is 0 Å². The summed E-state index contributed by atoms with van der Waals surface area (Å²) in [5, 5.41) is 17.8. The molecule has 2 aromatic heterocycles. The molecular formula is C27H32N4O3. The first-order chi connectivity index (χ1) is 16.4. The maximum atomic E-state index is 11.6. The molecular weight excluding hydrogens is 428 g/mol. The summed E-state index contributed by atoms with van der Waals surface area (Å²) in [7, 11) is 0. The first-order valence-electron chi connectivity index (χ1n) is 12.2. The van der Waals surface area contributed by atoms with Crippen molar-refractivity contribution >= 4 is 17.5 Å². The van der Waals surface area contributed by atoms with Crippen LogP contribution in [0, 0.1) is 0 Å². The highest BCUT2D eigenvalue weighted by Crippen LogP contribution is 2.42. The fraction of sp³-hybridized carbons (Fsp3) is 0.444. The fourth-order valence-electron chi connectivity index (χ4n) is 4.58. The van der Waals surface area contributed by atoms with Gasteiger partial charge in [-0.3, -0.25) is 9.48 Å². The van der Waals surface area contributed by atoms with Crippen LogP contribution in [-0.2, 0) is 10.2 Å². The molecule has 0 radical (unpaired) electrons. The largest absolute Gasteiger partial charge is 0.481 e. The quantitative estimate of drug-likeness (QED) is 0.396. The molecule has 0 atom stereocenters. The zero-order chi connectivity index (χ0) is 23.7. The molecule has 2 aliphatic carbocycles. The van der Waals surface area contributed by atoms with Crippen molar-refractivity contribution in [1.82, 2.24) is 14.8 Å². The molecule has 1 aromatic carbocycles. The molecule has 7 heteroatoms. The number of carboxylic acids is 1. The minimum Gasteiger partial charge on any atom is -0.481 e. The number of hydrogen-bond acceptors (Lipinski definition) is 5. The molecule has 7 nitrogen and oxygen atoms in total. The van der Waals surface area contributed by atoms with Gasteiger partial charge >= 0.3 is 5.97 Å². The molecule has 2 saturated carbocycles. The van der Waals surface area contributed by atoms with Gasteiger partial charge in [0.1, 0.15) is 17.3 Å². The van der Waals surface area contributed by atoms with Crippen LogP contribution in [0.5, 0.6) is 11.5 Å². The Morgan fingerprint density at radius 1 is 1.12 bits per heavy atom. The second-order valence-electron chi connectivity index (χ2n) is 10.0. The van der Waals surface area contributed by atoms with E-state index in [1.165, 1.54) is 44.9 Å². The van der Waals surface area contributed by atoms with Crippen molar-refractivity contribution in [3.8, 4) is 11.5 Å². The minimum absolute atomic E-state index is 0.462. The van der Waals surface area contributed by atoms with Gasteiger partial charge in [0.25, 0.3) is 0 Å². The first-order valence-corrected chi connectivity index (χ1v) is 12.2. The molecule has 34 heavy (non-hydrogen) atoms. The lowest BCUT2D eigenvalue weighted by molar-refractivity contribution is -0.142. The number of hydrogen-bond donors (Lipinski definition) is 2. The van der Waals surface area contributed by atoms with E-state index in [-0.39, 0.29) is 0 Å². The third-order valence-electron chi connectivity index (χ3n) is 6.99. The summed E-state index contributed by atoms with van der Waals surface area (Å²) in [6.45, 7) is 3.40. The highest BCUT2D eigenvalue weighted by molar-refractivity contribution is 5.81. The summed E-state index contributed by atoms with van der Waals surface area (Å²) in [6.07, 6.45) is 12.3. The topological polar surface area (TPSA) is 89.3 Å². The summed E-state index contributed by atoms with van der Waals surface area (Å²) in [6, 6.07) is 11.7. The Labute approximate surface area is 200 Å². The molecule has 0 saturated heterocycles. The van der Waals surface area contributed by atoms with E-state index in [4.69, 9.17) is 9.84 Å². The number of benzene rings is 1. The smallest absolute Gasteiger partial charge is 0.313 e. The van der Waals surface area contributed by atoms with Crippen molar-refractivity contribution in [2.45, 2.75) is 76.2 Å². The number of ether oxygens (including phenoxy) is 1. The Balaban J connectivity index is 1.36. The summed E-state index contributed by atoms with van der Waals surface area (Å²) in [4.78, 5) is 16.1. The Hall–Kier alpha value is -3.35. The van der Waals surface area contributed by atoms with Gasteiger partial charge in [-0.15, -0.1) is 0 Å². The van der Waals surface area contributed by atoms with Crippen molar-refractivity contribution in [1.29, 1.82) is 0 Å². The third-order valence-corrected chi connectivity index (χ3v) is 6.99. The molecule has 2 fully saturated rings. The molecule has 2 N–H and O–H groups in total. The molecule has 3 aromatic rings. The van der Waals surface area contributed by atoms with Crippen molar-refractivity contribution in [2.75, 3.05) is 5.32 Å². The second kappa shape index (κ2) is 9.12. The van der Waals surface area contributed by atoms with E-state index >= 15 is 0 Å². The van der Waals surface area contributed by atoms with Crippen molar-refractivity contribution in [2.24, 2.45) is 0 Å². The monoisotopic (exact) mass is 460 g/mol. The predicted molar refractivity (Wildman–Crippen MR) is 131 cm³/mol. The molecule has 2 heterocycles. The van der Waals surface area contributed by atoms with Crippen LogP contribution < -0.4 is 10.1 Å². The van der Waals surface area contributed by atoms with Crippen LogP contribution in [0.2, 0.25) is 0 Å². The number of nitrogens with zero attached hydrogens (tertiary/aromatic N) is 3.